The Morgan fingerprint density at radius 2 is 1.88 bits per heavy atom. The van der Waals surface area contributed by atoms with Gasteiger partial charge in [0.05, 0.1) is 0 Å². The maximum Gasteiger partial charge on any atom is 0.325 e. The predicted molar refractivity (Wildman–Crippen MR) is 55.5 cm³/mol. The minimum Gasteiger partial charge on any atom is -0.480 e. The summed E-state index contributed by atoms with van der Waals surface area (Å²) in [6.07, 6.45) is 0.992. The van der Waals surface area contributed by atoms with Crippen molar-refractivity contribution >= 4 is 17.8 Å². The third kappa shape index (κ3) is 2.92. The van der Waals surface area contributed by atoms with Gasteiger partial charge >= 0.3 is 5.97 Å². The first-order chi connectivity index (χ1) is 7.56. The quantitative estimate of drug-likeness (QED) is 0.624. The second-order valence-corrected chi connectivity index (χ2v) is 3.61. The van der Waals surface area contributed by atoms with Gasteiger partial charge in [-0.2, -0.15) is 0 Å². The van der Waals surface area contributed by atoms with Crippen LogP contribution in [-0.4, -0.2) is 64.9 Å². The number of hydrogen-bond donors (Lipinski definition) is 1. The lowest BCUT2D eigenvalue weighted by Gasteiger charge is -2.35. The van der Waals surface area contributed by atoms with Crippen LogP contribution in [0.25, 0.3) is 0 Å². The average Bonchev–Trinajstić information content (AvgIpc) is 2.25. The minimum absolute atomic E-state index is 0.0162. The van der Waals surface area contributed by atoms with E-state index < -0.39 is 12.0 Å². The number of carboxylic acids is 1. The summed E-state index contributed by atoms with van der Waals surface area (Å²) >= 11 is 0. The topological polar surface area (TPSA) is 77.9 Å². The molecule has 0 aromatic carbocycles. The Kier molecular flexibility index (Phi) is 4.22. The molecule has 1 amide bonds. The number of carbonyl (C=O) groups is 2. The number of hydrogen-bond acceptors (Lipinski definition) is 4. The van der Waals surface area contributed by atoms with Crippen molar-refractivity contribution in [3.05, 3.63) is 6.08 Å². The Balaban J connectivity index is 2.60. The van der Waals surface area contributed by atoms with Gasteiger partial charge in [0, 0.05) is 39.2 Å². The zero-order valence-electron chi connectivity index (χ0n) is 9.05. The summed E-state index contributed by atoms with van der Waals surface area (Å²) in [4.78, 5) is 35.4. The molecule has 0 aliphatic carbocycles. The highest BCUT2D eigenvalue weighted by atomic mass is 16.4. The molecule has 1 rings (SSSR count). The first-order valence-corrected chi connectivity index (χ1v) is 4.99. The minimum atomic E-state index is -1.07. The fourth-order valence-corrected chi connectivity index (χ4v) is 1.71. The molecule has 88 valence electrons. The predicted octanol–water partition coefficient (Wildman–Crippen LogP) is -1.01. The number of rotatable bonds is 3. The molecule has 16 heavy (non-hydrogen) atoms. The van der Waals surface area contributed by atoms with Gasteiger partial charge in [0.1, 0.15) is 12.0 Å². The van der Waals surface area contributed by atoms with E-state index >= 15 is 0 Å². The van der Waals surface area contributed by atoms with Crippen molar-refractivity contribution in [2.24, 2.45) is 0 Å². The van der Waals surface area contributed by atoms with Crippen LogP contribution in [0.15, 0.2) is 6.08 Å². The first-order valence-electron chi connectivity index (χ1n) is 4.99. The highest BCUT2D eigenvalue weighted by Crippen LogP contribution is 2.07. The van der Waals surface area contributed by atoms with Crippen molar-refractivity contribution in [2.75, 3.05) is 26.2 Å². The standard InChI is InChI=1S/C10H14N2O4/c1-8(14)11-3-5-12(6-4-11)9(2-7-13)10(15)16/h2,9H,3-6H2,1H3,(H,15,16). The van der Waals surface area contributed by atoms with Crippen LogP contribution >= 0.6 is 0 Å². The number of nitrogens with zero attached hydrogens (tertiary/aromatic N) is 2. The number of aliphatic carboxylic acids is 1. The van der Waals surface area contributed by atoms with Gasteiger partial charge in [-0.3, -0.25) is 14.5 Å². The third-order valence-electron chi connectivity index (χ3n) is 2.63. The molecule has 1 aliphatic rings. The van der Waals surface area contributed by atoms with Gasteiger partial charge in [-0.25, -0.2) is 4.79 Å². The molecule has 1 heterocycles. The summed E-state index contributed by atoms with van der Waals surface area (Å²) in [5.41, 5.74) is 0. The van der Waals surface area contributed by atoms with Gasteiger partial charge in [-0.15, -0.1) is 0 Å². The largest absolute Gasteiger partial charge is 0.480 e. The molecule has 1 aliphatic heterocycles. The molecular formula is C10H14N2O4. The van der Waals surface area contributed by atoms with Gasteiger partial charge < -0.3 is 10.0 Å². The van der Waals surface area contributed by atoms with Gasteiger partial charge in [-0.1, -0.05) is 0 Å². The maximum atomic E-state index is 11.1. The van der Waals surface area contributed by atoms with Crippen LogP contribution in [0.5, 0.6) is 0 Å². The van der Waals surface area contributed by atoms with E-state index in [0.717, 1.165) is 6.08 Å². The van der Waals surface area contributed by atoms with Crippen LogP contribution in [0.3, 0.4) is 0 Å². The number of piperazine rings is 1. The lowest BCUT2D eigenvalue weighted by Crippen LogP contribution is -2.53. The molecule has 0 aromatic heterocycles. The molecule has 0 aromatic rings. The molecule has 1 fully saturated rings. The lowest BCUT2D eigenvalue weighted by molar-refractivity contribution is -0.142. The summed E-state index contributed by atoms with van der Waals surface area (Å²) in [7, 11) is 0. The van der Waals surface area contributed by atoms with Crippen molar-refractivity contribution < 1.29 is 19.5 Å². The molecule has 0 spiro atoms. The monoisotopic (exact) mass is 226 g/mol. The van der Waals surface area contributed by atoms with Crippen LogP contribution in [0.2, 0.25) is 0 Å². The summed E-state index contributed by atoms with van der Waals surface area (Å²) in [5, 5.41) is 8.90. The fraction of sp³-hybridized carbons (Fsp3) is 0.600. The summed E-state index contributed by atoms with van der Waals surface area (Å²) in [5.74, 6) is 0.416. The molecule has 1 saturated heterocycles. The van der Waals surface area contributed by atoms with Crippen LogP contribution in [0.4, 0.5) is 0 Å². The molecule has 0 saturated carbocycles. The molecular weight excluding hydrogens is 212 g/mol. The van der Waals surface area contributed by atoms with Crippen molar-refractivity contribution in [2.45, 2.75) is 13.0 Å². The smallest absolute Gasteiger partial charge is 0.325 e. The molecule has 1 atom stereocenters. The van der Waals surface area contributed by atoms with Crippen LogP contribution in [-0.2, 0) is 14.4 Å². The van der Waals surface area contributed by atoms with E-state index in [1.807, 2.05) is 0 Å². The zero-order chi connectivity index (χ0) is 12.1. The normalized spacial score (nSPS) is 18.7. The molecule has 6 nitrogen and oxygen atoms in total. The molecule has 0 bridgehead atoms. The Bertz CT molecular complexity index is 326. The summed E-state index contributed by atoms with van der Waals surface area (Å²) in [6, 6.07) is -0.938. The Hall–Kier alpha value is -1.65. The van der Waals surface area contributed by atoms with E-state index in [1.54, 1.807) is 9.80 Å². The van der Waals surface area contributed by atoms with E-state index in [-0.39, 0.29) is 5.91 Å². The van der Waals surface area contributed by atoms with E-state index in [4.69, 9.17) is 5.11 Å². The van der Waals surface area contributed by atoms with Gasteiger partial charge in [0.15, 0.2) is 0 Å². The van der Waals surface area contributed by atoms with Crippen molar-refractivity contribution in [3.63, 3.8) is 0 Å². The van der Waals surface area contributed by atoms with E-state index in [0.29, 0.717) is 26.2 Å². The van der Waals surface area contributed by atoms with Crippen LogP contribution in [0.1, 0.15) is 6.92 Å². The molecule has 1 N–H and O–H groups in total. The highest BCUT2D eigenvalue weighted by Gasteiger charge is 2.27. The number of amides is 1. The van der Waals surface area contributed by atoms with E-state index in [1.165, 1.54) is 12.9 Å². The average molecular weight is 226 g/mol. The Morgan fingerprint density at radius 1 is 1.31 bits per heavy atom. The second kappa shape index (κ2) is 5.44. The first kappa shape index (κ1) is 12.4. The maximum absolute atomic E-state index is 11.1. The summed E-state index contributed by atoms with van der Waals surface area (Å²) < 4.78 is 0. The Morgan fingerprint density at radius 3 is 2.25 bits per heavy atom. The lowest BCUT2D eigenvalue weighted by atomic mass is 10.2. The number of carbonyl (C=O) groups excluding carboxylic acids is 2. The van der Waals surface area contributed by atoms with Crippen molar-refractivity contribution in [3.8, 4) is 0 Å². The van der Waals surface area contributed by atoms with Crippen LogP contribution in [0, 0.1) is 0 Å². The molecule has 1 unspecified atom stereocenters. The van der Waals surface area contributed by atoms with Gasteiger partial charge in [-0.05, 0) is 0 Å². The van der Waals surface area contributed by atoms with Crippen LogP contribution < -0.4 is 0 Å². The molecule has 6 heteroatoms. The fourth-order valence-electron chi connectivity index (χ4n) is 1.71. The van der Waals surface area contributed by atoms with Gasteiger partial charge in [0.2, 0.25) is 5.91 Å². The second-order valence-electron chi connectivity index (χ2n) is 3.61. The third-order valence-corrected chi connectivity index (χ3v) is 2.63. The number of carboxylic acid groups (broad SMARTS) is 1. The van der Waals surface area contributed by atoms with Crippen molar-refractivity contribution in [1.82, 2.24) is 9.80 Å². The van der Waals surface area contributed by atoms with Crippen molar-refractivity contribution in [1.29, 1.82) is 0 Å². The van der Waals surface area contributed by atoms with Gasteiger partial charge in [0.25, 0.3) is 0 Å². The summed E-state index contributed by atoms with van der Waals surface area (Å²) in [6.45, 7) is 3.37. The van der Waals surface area contributed by atoms with E-state index in [2.05, 4.69) is 0 Å². The highest BCUT2D eigenvalue weighted by molar-refractivity contribution is 5.78. The Labute approximate surface area is 93.1 Å². The zero-order valence-corrected chi connectivity index (χ0v) is 9.05. The molecule has 0 radical (unpaired) electrons. The SMILES string of the molecule is CC(=O)N1CCN(C(C=C=O)C(=O)O)CC1. The van der Waals surface area contributed by atoms with E-state index in [9.17, 15) is 14.4 Å².